The summed E-state index contributed by atoms with van der Waals surface area (Å²) in [7, 11) is 1.00. The topological polar surface area (TPSA) is 111 Å². The molecule has 0 saturated heterocycles. The first kappa shape index (κ1) is 21.4. The highest BCUT2D eigenvalue weighted by Crippen LogP contribution is 2.28. The minimum absolute atomic E-state index is 0.165. The number of para-hydroxylation sites is 2. The quantitative estimate of drug-likeness (QED) is 0.373. The average Bonchev–Trinajstić information content (AvgIpc) is 2.72. The summed E-state index contributed by atoms with van der Waals surface area (Å²) in [6, 6.07) is 9.09. The molecule has 0 aromatic heterocycles. The lowest BCUT2D eigenvalue weighted by atomic mass is 10.1. The highest BCUT2D eigenvalue weighted by Gasteiger charge is 2.21. The number of ether oxygens (including phenoxy) is 1. The number of aliphatic hydroxyl groups is 1. The standard InChI is InChI=1S/C19H17N3O3.CH4O/c1-3-13(12-20)8-7-11-21-16-17(19(24)18(16)23)22-14-9-5-6-10-15(14)25-4-2;1-2/h3,5-11,21-22H,1,4H2,2H3;2H,1H3/b11-7+,13-8+;. The number of nitriles is 1. The van der Waals surface area contributed by atoms with Gasteiger partial charge in [0, 0.05) is 13.3 Å². The van der Waals surface area contributed by atoms with E-state index in [2.05, 4.69) is 17.2 Å². The fraction of sp³-hybridized carbons (Fsp3) is 0.150. The molecule has 0 aliphatic heterocycles. The third-order valence-electron chi connectivity index (χ3n) is 3.31. The summed E-state index contributed by atoms with van der Waals surface area (Å²) in [5, 5.41) is 21.5. The van der Waals surface area contributed by atoms with E-state index in [-0.39, 0.29) is 11.4 Å². The molecule has 0 fully saturated rings. The van der Waals surface area contributed by atoms with E-state index in [9.17, 15) is 9.59 Å². The number of nitrogens with zero attached hydrogens (tertiary/aromatic N) is 1. The highest BCUT2D eigenvalue weighted by atomic mass is 16.5. The summed E-state index contributed by atoms with van der Waals surface area (Å²) in [6.07, 6.45) is 5.97. The zero-order valence-corrected chi connectivity index (χ0v) is 15.2. The molecule has 0 heterocycles. The number of allylic oxidation sites excluding steroid dienone is 4. The van der Waals surface area contributed by atoms with Crippen molar-refractivity contribution >= 4 is 17.1 Å². The van der Waals surface area contributed by atoms with Gasteiger partial charge in [-0.05, 0) is 31.2 Å². The zero-order chi connectivity index (χ0) is 20.2. The van der Waals surface area contributed by atoms with E-state index in [0.29, 0.717) is 23.6 Å². The molecule has 0 saturated carbocycles. The molecule has 0 radical (unpaired) electrons. The molecule has 0 aliphatic rings. The molecule has 2 aromatic rings. The molecule has 0 atom stereocenters. The van der Waals surface area contributed by atoms with Crippen LogP contribution in [0.4, 0.5) is 17.1 Å². The smallest absolute Gasteiger partial charge is 0.253 e. The molecule has 7 heteroatoms. The van der Waals surface area contributed by atoms with Gasteiger partial charge in [-0.2, -0.15) is 5.26 Å². The SMILES string of the molecule is C=C/C(C#N)=C\C=C\Nc1c(Nc2ccccc2OCC)c(=O)c1=O.CO. The Morgan fingerprint density at radius 3 is 2.56 bits per heavy atom. The summed E-state index contributed by atoms with van der Waals surface area (Å²) in [6.45, 7) is 5.84. The van der Waals surface area contributed by atoms with Gasteiger partial charge in [0.2, 0.25) is 0 Å². The van der Waals surface area contributed by atoms with Gasteiger partial charge in [-0.25, -0.2) is 0 Å². The Kier molecular flexibility index (Phi) is 8.78. The van der Waals surface area contributed by atoms with Crippen molar-refractivity contribution in [3.63, 3.8) is 0 Å². The lowest BCUT2D eigenvalue weighted by Gasteiger charge is -2.15. The molecule has 0 bridgehead atoms. The van der Waals surface area contributed by atoms with Gasteiger partial charge >= 0.3 is 0 Å². The Morgan fingerprint density at radius 2 is 1.93 bits per heavy atom. The zero-order valence-electron chi connectivity index (χ0n) is 15.2. The van der Waals surface area contributed by atoms with E-state index in [4.69, 9.17) is 15.1 Å². The van der Waals surface area contributed by atoms with Crippen molar-refractivity contribution in [3.05, 3.63) is 81.3 Å². The Hall–Kier alpha value is -3.63. The van der Waals surface area contributed by atoms with Crippen LogP contribution in [0, 0.1) is 11.3 Å². The normalized spacial score (nSPS) is 10.7. The highest BCUT2D eigenvalue weighted by molar-refractivity contribution is 5.81. The van der Waals surface area contributed by atoms with Crippen molar-refractivity contribution in [1.82, 2.24) is 0 Å². The van der Waals surface area contributed by atoms with E-state index in [1.54, 1.807) is 24.3 Å². The fourth-order valence-corrected chi connectivity index (χ4v) is 2.07. The molecule has 0 amide bonds. The molecule has 7 nitrogen and oxygen atoms in total. The Balaban J connectivity index is 0.00000176. The molecule has 2 aromatic carbocycles. The maximum atomic E-state index is 11.8. The fourth-order valence-electron chi connectivity index (χ4n) is 2.07. The van der Waals surface area contributed by atoms with Crippen LogP contribution in [-0.2, 0) is 0 Å². The number of nitrogens with one attached hydrogen (secondary N) is 2. The van der Waals surface area contributed by atoms with Gasteiger partial charge in [0.1, 0.15) is 17.1 Å². The number of aliphatic hydroxyl groups excluding tert-OH is 1. The second kappa shape index (κ2) is 11.1. The Labute approximate surface area is 157 Å². The molecule has 0 aliphatic carbocycles. The van der Waals surface area contributed by atoms with Crippen LogP contribution in [0.1, 0.15) is 6.92 Å². The monoisotopic (exact) mass is 367 g/mol. The van der Waals surface area contributed by atoms with Crippen molar-refractivity contribution < 1.29 is 9.84 Å². The van der Waals surface area contributed by atoms with E-state index >= 15 is 0 Å². The van der Waals surface area contributed by atoms with Crippen LogP contribution in [0.2, 0.25) is 0 Å². The molecule has 2 rings (SSSR count). The van der Waals surface area contributed by atoms with Crippen LogP contribution >= 0.6 is 0 Å². The lowest BCUT2D eigenvalue weighted by molar-refractivity contribution is 0.342. The number of rotatable bonds is 8. The minimum atomic E-state index is -0.603. The summed E-state index contributed by atoms with van der Waals surface area (Å²) < 4.78 is 5.49. The second-order valence-electron chi connectivity index (χ2n) is 4.90. The predicted molar refractivity (Wildman–Crippen MR) is 107 cm³/mol. The van der Waals surface area contributed by atoms with Crippen molar-refractivity contribution in [2.24, 2.45) is 0 Å². The number of anilines is 3. The Morgan fingerprint density at radius 1 is 1.26 bits per heavy atom. The summed E-state index contributed by atoms with van der Waals surface area (Å²) in [5.74, 6) is 0.590. The first-order valence-electron chi connectivity index (χ1n) is 8.05. The maximum Gasteiger partial charge on any atom is 0.253 e. The van der Waals surface area contributed by atoms with Gasteiger partial charge < -0.3 is 20.5 Å². The number of hydrogen-bond donors (Lipinski definition) is 3. The van der Waals surface area contributed by atoms with Crippen LogP contribution in [0.5, 0.6) is 5.75 Å². The van der Waals surface area contributed by atoms with Crippen molar-refractivity contribution in [1.29, 1.82) is 5.26 Å². The first-order valence-corrected chi connectivity index (χ1v) is 8.05. The van der Waals surface area contributed by atoms with E-state index in [1.165, 1.54) is 18.4 Å². The third kappa shape index (κ3) is 5.42. The molecule has 3 N–H and O–H groups in total. The molecule has 140 valence electrons. The lowest BCUT2D eigenvalue weighted by Crippen LogP contribution is -2.35. The molecule has 0 spiro atoms. The first-order chi connectivity index (χ1) is 13.1. The van der Waals surface area contributed by atoms with Gasteiger partial charge in [-0.15, -0.1) is 0 Å². The van der Waals surface area contributed by atoms with Crippen molar-refractivity contribution in [2.45, 2.75) is 6.92 Å². The third-order valence-corrected chi connectivity index (χ3v) is 3.31. The van der Waals surface area contributed by atoms with Gasteiger partial charge in [0.25, 0.3) is 10.9 Å². The maximum absolute atomic E-state index is 11.8. The largest absolute Gasteiger partial charge is 0.492 e. The predicted octanol–water partition coefficient (Wildman–Crippen LogP) is 2.59. The molecule has 27 heavy (non-hydrogen) atoms. The van der Waals surface area contributed by atoms with Gasteiger partial charge in [0.05, 0.1) is 23.9 Å². The minimum Gasteiger partial charge on any atom is -0.492 e. The molecular weight excluding hydrogens is 346 g/mol. The second-order valence-corrected chi connectivity index (χ2v) is 4.90. The number of benzene rings is 1. The number of hydrogen-bond acceptors (Lipinski definition) is 7. The summed E-state index contributed by atoms with van der Waals surface area (Å²) in [4.78, 5) is 23.6. The van der Waals surface area contributed by atoms with Gasteiger partial charge in [0.15, 0.2) is 0 Å². The van der Waals surface area contributed by atoms with Crippen LogP contribution in [0.25, 0.3) is 0 Å². The molecule has 0 unspecified atom stereocenters. The van der Waals surface area contributed by atoms with Crippen LogP contribution in [0.3, 0.4) is 0 Å². The van der Waals surface area contributed by atoms with Crippen LogP contribution in [0.15, 0.2) is 70.4 Å². The van der Waals surface area contributed by atoms with Crippen LogP contribution in [-0.4, -0.2) is 18.8 Å². The van der Waals surface area contributed by atoms with E-state index in [0.717, 1.165) is 7.11 Å². The van der Waals surface area contributed by atoms with Crippen LogP contribution < -0.4 is 26.2 Å². The van der Waals surface area contributed by atoms with Crippen molar-refractivity contribution in [2.75, 3.05) is 24.4 Å². The van der Waals surface area contributed by atoms with E-state index in [1.807, 2.05) is 19.1 Å². The van der Waals surface area contributed by atoms with Crippen molar-refractivity contribution in [3.8, 4) is 11.8 Å². The average molecular weight is 367 g/mol. The van der Waals surface area contributed by atoms with E-state index < -0.39 is 10.9 Å². The van der Waals surface area contributed by atoms with Gasteiger partial charge in [-0.3, -0.25) is 9.59 Å². The van der Waals surface area contributed by atoms with Gasteiger partial charge in [-0.1, -0.05) is 24.8 Å². The summed E-state index contributed by atoms with van der Waals surface area (Å²) >= 11 is 0. The Bertz CT molecular complexity index is 945. The summed E-state index contributed by atoms with van der Waals surface area (Å²) in [5.41, 5.74) is 0.123. The molecular formula is C20H21N3O4.